The van der Waals surface area contributed by atoms with Crippen LogP contribution in [0.3, 0.4) is 0 Å². The van der Waals surface area contributed by atoms with Crippen molar-refractivity contribution in [2.24, 2.45) is 46.3 Å². The van der Waals surface area contributed by atoms with Crippen molar-refractivity contribution >= 4 is 5.97 Å². The van der Waals surface area contributed by atoms with Gasteiger partial charge in [-0.1, -0.05) is 33.6 Å². The van der Waals surface area contributed by atoms with Gasteiger partial charge in [0.15, 0.2) is 0 Å². The van der Waals surface area contributed by atoms with Crippen LogP contribution < -0.4 is 0 Å². The van der Waals surface area contributed by atoms with E-state index in [0.717, 1.165) is 25.7 Å². The number of fused-ring (bicyclic) bond motifs is 5. The van der Waals surface area contributed by atoms with Crippen LogP contribution >= 0.6 is 0 Å². The van der Waals surface area contributed by atoms with Crippen LogP contribution in [-0.2, 0) is 4.79 Å². The van der Waals surface area contributed by atoms with Gasteiger partial charge < -0.3 is 15.3 Å². The van der Waals surface area contributed by atoms with E-state index in [-0.39, 0.29) is 29.5 Å². The molecule has 160 valence electrons. The molecule has 10 atom stereocenters. The van der Waals surface area contributed by atoms with E-state index in [1.54, 1.807) is 0 Å². The largest absolute Gasteiger partial charge is 0.481 e. The van der Waals surface area contributed by atoms with Crippen LogP contribution in [0, 0.1) is 46.3 Å². The number of hydrogen-bond acceptors (Lipinski definition) is 3. The molecule has 0 radical (unpaired) electrons. The third kappa shape index (κ3) is 2.96. The minimum Gasteiger partial charge on any atom is -0.481 e. The van der Waals surface area contributed by atoms with Crippen LogP contribution in [0.15, 0.2) is 0 Å². The van der Waals surface area contributed by atoms with E-state index in [0.29, 0.717) is 41.9 Å². The predicted molar refractivity (Wildman–Crippen MR) is 109 cm³/mol. The Morgan fingerprint density at radius 3 is 2.54 bits per heavy atom. The van der Waals surface area contributed by atoms with Gasteiger partial charge in [0.05, 0.1) is 12.2 Å². The molecule has 4 fully saturated rings. The minimum absolute atomic E-state index is 0.183. The van der Waals surface area contributed by atoms with Gasteiger partial charge in [-0.3, -0.25) is 4.79 Å². The summed E-state index contributed by atoms with van der Waals surface area (Å²) < 4.78 is 0. The summed E-state index contributed by atoms with van der Waals surface area (Å²) in [4.78, 5) is 11.1. The molecule has 4 aliphatic rings. The van der Waals surface area contributed by atoms with Gasteiger partial charge in [0, 0.05) is 6.42 Å². The SMILES string of the molecule is C[C@H](CCC(=O)O)[C@H]1CC[C@H]2[C@@H]3[C@H](O)CC4CCCC[C@]4(C)[C@H]3C[C@H](O)[C@]12C. The molecule has 0 bridgehead atoms. The standard InChI is InChI=1S/C24H40O4/c1-14(7-10-21(27)28)16-8-9-17-22-18(13-20(26)24(16,17)3)23(2)11-5-4-6-15(23)12-19(22)25/h14-20,22,25-26H,4-13H2,1-3H3,(H,27,28)/t14-,15?,16-,17+,18+,19-,20+,22+,23+,24-/m1/s1. The van der Waals surface area contributed by atoms with Crippen LogP contribution in [0.1, 0.15) is 85.0 Å². The van der Waals surface area contributed by atoms with E-state index >= 15 is 0 Å². The van der Waals surface area contributed by atoms with Crippen LogP contribution in [0.5, 0.6) is 0 Å². The molecule has 28 heavy (non-hydrogen) atoms. The molecule has 0 amide bonds. The fraction of sp³-hybridized carbons (Fsp3) is 0.958. The number of aliphatic hydroxyl groups excluding tert-OH is 2. The number of aliphatic hydroxyl groups is 2. The molecule has 1 unspecified atom stereocenters. The van der Waals surface area contributed by atoms with Crippen molar-refractivity contribution in [2.45, 2.75) is 97.2 Å². The number of carboxylic acids is 1. The van der Waals surface area contributed by atoms with Gasteiger partial charge in [0.1, 0.15) is 0 Å². The normalized spacial score (nSPS) is 51.7. The van der Waals surface area contributed by atoms with Gasteiger partial charge in [0.25, 0.3) is 0 Å². The number of carboxylic acid groups (broad SMARTS) is 1. The van der Waals surface area contributed by atoms with Crippen molar-refractivity contribution in [1.29, 1.82) is 0 Å². The monoisotopic (exact) mass is 392 g/mol. The van der Waals surface area contributed by atoms with E-state index in [1.807, 2.05) is 0 Å². The molecule has 0 aromatic carbocycles. The lowest BCUT2D eigenvalue weighted by Gasteiger charge is -2.63. The molecule has 4 rings (SSSR count). The molecule has 0 saturated heterocycles. The maximum atomic E-state index is 11.5. The first-order valence-electron chi connectivity index (χ1n) is 11.8. The van der Waals surface area contributed by atoms with Gasteiger partial charge in [-0.25, -0.2) is 0 Å². The topological polar surface area (TPSA) is 77.8 Å². The fourth-order valence-electron chi connectivity index (χ4n) is 8.74. The molecule has 4 aliphatic carbocycles. The van der Waals surface area contributed by atoms with E-state index in [9.17, 15) is 15.0 Å². The van der Waals surface area contributed by atoms with Gasteiger partial charge in [-0.05, 0) is 91.3 Å². The maximum absolute atomic E-state index is 11.5. The molecule has 0 spiro atoms. The summed E-state index contributed by atoms with van der Waals surface area (Å²) in [6.07, 6.45) is 9.32. The Hall–Kier alpha value is -0.610. The minimum atomic E-state index is -0.727. The Bertz CT molecular complexity index is 605. The van der Waals surface area contributed by atoms with Crippen molar-refractivity contribution in [3.05, 3.63) is 0 Å². The van der Waals surface area contributed by atoms with Crippen LogP contribution in [0.2, 0.25) is 0 Å². The van der Waals surface area contributed by atoms with Crippen molar-refractivity contribution < 1.29 is 20.1 Å². The molecule has 0 heterocycles. The molecular formula is C24H40O4. The van der Waals surface area contributed by atoms with Crippen LogP contribution in [-0.4, -0.2) is 33.5 Å². The van der Waals surface area contributed by atoms with Gasteiger partial charge >= 0.3 is 5.97 Å². The zero-order valence-corrected chi connectivity index (χ0v) is 17.9. The van der Waals surface area contributed by atoms with Crippen molar-refractivity contribution in [3.63, 3.8) is 0 Å². The van der Waals surface area contributed by atoms with Gasteiger partial charge in [-0.15, -0.1) is 0 Å². The van der Waals surface area contributed by atoms with Gasteiger partial charge in [0.2, 0.25) is 0 Å². The lowest BCUT2D eigenvalue weighted by molar-refractivity contribution is -0.201. The Morgan fingerprint density at radius 1 is 1.07 bits per heavy atom. The quantitative estimate of drug-likeness (QED) is 0.659. The molecule has 4 nitrogen and oxygen atoms in total. The zero-order chi connectivity index (χ0) is 20.3. The lowest BCUT2D eigenvalue weighted by atomic mass is 9.43. The third-order valence-electron chi connectivity index (χ3n) is 10.3. The van der Waals surface area contributed by atoms with Gasteiger partial charge in [-0.2, -0.15) is 0 Å². The second-order valence-corrected chi connectivity index (χ2v) is 11.3. The highest BCUT2D eigenvalue weighted by Gasteiger charge is 2.65. The van der Waals surface area contributed by atoms with Crippen LogP contribution in [0.4, 0.5) is 0 Å². The smallest absolute Gasteiger partial charge is 0.303 e. The Kier molecular flexibility index (Phi) is 5.36. The average Bonchev–Trinajstić information content (AvgIpc) is 3.00. The fourth-order valence-corrected chi connectivity index (χ4v) is 8.74. The summed E-state index contributed by atoms with van der Waals surface area (Å²) in [7, 11) is 0. The molecule has 0 aromatic rings. The summed E-state index contributed by atoms with van der Waals surface area (Å²) in [5, 5.41) is 31.8. The average molecular weight is 393 g/mol. The van der Waals surface area contributed by atoms with E-state index < -0.39 is 5.97 Å². The number of carbonyl (C=O) groups is 1. The molecule has 0 aromatic heterocycles. The Balaban J connectivity index is 1.61. The Labute approximate surface area is 170 Å². The highest BCUT2D eigenvalue weighted by atomic mass is 16.4. The zero-order valence-electron chi connectivity index (χ0n) is 17.9. The van der Waals surface area contributed by atoms with E-state index in [1.165, 1.54) is 25.7 Å². The maximum Gasteiger partial charge on any atom is 0.303 e. The molecular weight excluding hydrogens is 352 g/mol. The highest BCUT2D eigenvalue weighted by molar-refractivity contribution is 5.66. The van der Waals surface area contributed by atoms with E-state index in [2.05, 4.69) is 20.8 Å². The van der Waals surface area contributed by atoms with Crippen molar-refractivity contribution in [1.82, 2.24) is 0 Å². The van der Waals surface area contributed by atoms with E-state index in [4.69, 9.17) is 5.11 Å². The first-order chi connectivity index (χ1) is 13.2. The number of hydrogen-bond donors (Lipinski definition) is 3. The summed E-state index contributed by atoms with van der Waals surface area (Å²) in [6.45, 7) is 6.89. The summed E-state index contributed by atoms with van der Waals surface area (Å²) >= 11 is 0. The molecule has 4 saturated carbocycles. The molecule has 3 N–H and O–H groups in total. The lowest BCUT2D eigenvalue weighted by Crippen LogP contribution is -2.61. The second-order valence-electron chi connectivity index (χ2n) is 11.3. The second kappa shape index (κ2) is 7.27. The predicted octanol–water partition coefficient (Wildman–Crippen LogP) is 4.48. The molecule has 4 heteroatoms. The molecule has 0 aliphatic heterocycles. The first-order valence-corrected chi connectivity index (χ1v) is 11.8. The summed E-state index contributed by atoms with van der Waals surface area (Å²) in [6, 6.07) is 0. The van der Waals surface area contributed by atoms with Crippen LogP contribution in [0.25, 0.3) is 0 Å². The number of aliphatic carboxylic acids is 1. The highest BCUT2D eigenvalue weighted by Crippen LogP contribution is 2.68. The Morgan fingerprint density at radius 2 is 1.82 bits per heavy atom. The van der Waals surface area contributed by atoms with Crippen molar-refractivity contribution in [2.75, 3.05) is 0 Å². The first kappa shape index (κ1) is 20.7. The summed E-state index contributed by atoms with van der Waals surface area (Å²) in [5.74, 6) is 1.66. The third-order valence-corrected chi connectivity index (χ3v) is 10.3. The summed E-state index contributed by atoms with van der Waals surface area (Å²) in [5.41, 5.74) is 0.0927. The number of rotatable bonds is 4. The van der Waals surface area contributed by atoms with Crippen molar-refractivity contribution in [3.8, 4) is 0 Å².